The van der Waals surface area contributed by atoms with E-state index in [0.717, 1.165) is 5.56 Å². The van der Waals surface area contributed by atoms with Crippen molar-refractivity contribution in [3.8, 4) is 0 Å². The number of nitrogens with two attached hydrogens (primary N) is 1. The highest BCUT2D eigenvalue weighted by Crippen LogP contribution is 2.17. The molecule has 2 aromatic carbocycles. The number of carbonyl (C=O) groups is 1. The van der Waals surface area contributed by atoms with E-state index in [0.29, 0.717) is 22.6 Å². The Labute approximate surface area is 142 Å². The van der Waals surface area contributed by atoms with Crippen molar-refractivity contribution < 1.29 is 13.2 Å². The number of nitrogens with one attached hydrogen (secondary N) is 1. The molecular formula is C18H22N2O3S. The lowest BCUT2D eigenvalue weighted by molar-refractivity contribution is 0.0941. The minimum Gasteiger partial charge on any atom is -0.348 e. The van der Waals surface area contributed by atoms with E-state index in [1.54, 1.807) is 48.5 Å². The Morgan fingerprint density at radius 1 is 1.08 bits per heavy atom. The molecule has 1 amide bonds. The zero-order chi connectivity index (χ0) is 17.7. The maximum absolute atomic E-state index is 12.4. The molecule has 0 fully saturated rings. The highest BCUT2D eigenvalue weighted by molar-refractivity contribution is 7.90. The highest BCUT2D eigenvalue weighted by Gasteiger charge is 2.16. The van der Waals surface area contributed by atoms with Crippen molar-refractivity contribution in [3.05, 3.63) is 65.2 Å². The molecule has 1 atom stereocenters. The van der Waals surface area contributed by atoms with E-state index in [2.05, 4.69) is 5.32 Å². The molecule has 3 N–H and O–H groups in total. The summed E-state index contributed by atoms with van der Waals surface area (Å²) in [4.78, 5) is 12.3. The van der Waals surface area contributed by atoms with Crippen LogP contribution in [0, 0.1) is 6.92 Å². The van der Waals surface area contributed by atoms with Gasteiger partial charge >= 0.3 is 0 Å². The first-order chi connectivity index (χ1) is 11.3. The van der Waals surface area contributed by atoms with Crippen molar-refractivity contribution in [2.24, 2.45) is 5.73 Å². The minimum absolute atomic E-state index is 0.100. The zero-order valence-corrected chi connectivity index (χ0v) is 14.6. The second-order valence-corrected chi connectivity index (χ2v) is 7.87. The van der Waals surface area contributed by atoms with Crippen LogP contribution in [0.15, 0.2) is 53.4 Å². The van der Waals surface area contributed by atoms with Gasteiger partial charge < -0.3 is 11.1 Å². The van der Waals surface area contributed by atoms with Gasteiger partial charge in [0.05, 0.1) is 10.6 Å². The average Bonchev–Trinajstić information content (AvgIpc) is 2.55. The summed E-state index contributed by atoms with van der Waals surface area (Å²) in [6.45, 7) is 4.09. The Bertz CT molecular complexity index is 797. The lowest BCUT2D eigenvalue weighted by atomic mass is 10.1. The second-order valence-electron chi connectivity index (χ2n) is 5.88. The minimum atomic E-state index is -3.40. The summed E-state index contributed by atoms with van der Waals surface area (Å²) in [6.07, 6.45) is 0. The standard InChI is InChI=1S/C18H22N2O3S/c1-13-3-9-17(10-4-13)24(22,23)12-15-5-7-16(8-6-15)18(21)20-14(2)11-19/h3-10,14H,11-12,19H2,1-2H3,(H,20,21)/t14-/m0/s1. The van der Waals surface area contributed by atoms with Gasteiger partial charge in [-0.15, -0.1) is 0 Å². The molecule has 0 radical (unpaired) electrons. The highest BCUT2D eigenvalue weighted by atomic mass is 32.2. The van der Waals surface area contributed by atoms with Gasteiger partial charge in [0, 0.05) is 18.2 Å². The number of benzene rings is 2. The number of carbonyl (C=O) groups excluding carboxylic acids is 1. The Balaban J connectivity index is 2.11. The van der Waals surface area contributed by atoms with Crippen molar-refractivity contribution in [3.63, 3.8) is 0 Å². The van der Waals surface area contributed by atoms with Crippen LogP contribution in [0.4, 0.5) is 0 Å². The van der Waals surface area contributed by atoms with Gasteiger partial charge in [-0.1, -0.05) is 29.8 Å². The number of hydrogen-bond acceptors (Lipinski definition) is 4. The smallest absolute Gasteiger partial charge is 0.251 e. The lowest BCUT2D eigenvalue weighted by Gasteiger charge is -2.11. The van der Waals surface area contributed by atoms with Crippen LogP contribution in [0.2, 0.25) is 0 Å². The van der Waals surface area contributed by atoms with Gasteiger partial charge in [-0.05, 0) is 43.7 Å². The first kappa shape index (κ1) is 18.2. The molecule has 2 aromatic rings. The maximum Gasteiger partial charge on any atom is 0.251 e. The van der Waals surface area contributed by atoms with Gasteiger partial charge in [0.15, 0.2) is 9.84 Å². The first-order valence-corrected chi connectivity index (χ1v) is 9.36. The molecule has 0 aromatic heterocycles. The van der Waals surface area contributed by atoms with Crippen molar-refractivity contribution >= 4 is 15.7 Å². The zero-order valence-electron chi connectivity index (χ0n) is 13.8. The van der Waals surface area contributed by atoms with Gasteiger partial charge in [0.1, 0.15) is 0 Å². The fourth-order valence-electron chi connectivity index (χ4n) is 2.17. The summed E-state index contributed by atoms with van der Waals surface area (Å²) in [7, 11) is -3.40. The molecule has 0 aliphatic carbocycles. The molecule has 0 spiro atoms. The summed E-state index contributed by atoms with van der Waals surface area (Å²) >= 11 is 0. The van der Waals surface area contributed by atoms with Gasteiger partial charge in [-0.2, -0.15) is 0 Å². The molecular weight excluding hydrogens is 324 g/mol. The molecule has 0 bridgehead atoms. The normalized spacial score (nSPS) is 12.6. The number of amides is 1. The van der Waals surface area contributed by atoms with Gasteiger partial charge in [-0.3, -0.25) is 4.79 Å². The van der Waals surface area contributed by atoms with Crippen LogP contribution in [0.3, 0.4) is 0 Å². The largest absolute Gasteiger partial charge is 0.348 e. The van der Waals surface area contributed by atoms with E-state index in [1.165, 1.54) is 0 Å². The van der Waals surface area contributed by atoms with Crippen molar-refractivity contribution in [2.75, 3.05) is 6.54 Å². The van der Waals surface area contributed by atoms with Gasteiger partial charge in [0.2, 0.25) is 0 Å². The fraction of sp³-hybridized carbons (Fsp3) is 0.278. The molecule has 0 saturated heterocycles. The number of rotatable bonds is 6. The van der Waals surface area contributed by atoms with E-state index in [4.69, 9.17) is 5.73 Å². The molecule has 0 saturated carbocycles. The van der Waals surface area contributed by atoms with Crippen molar-refractivity contribution in [2.45, 2.75) is 30.5 Å². The SMILES string of the molecule is Cc1ccc(S(=O)(=O)Cc2ccc(C(=O)N[C@@H](C)CN)cc2)cc1. The number of sulfone groups is 1. The Hall–Kier alpha value is -2.18. The molecule has 0 heterocycles. The summed E-state index contributed by atoms with van der Waals surface area (Å²) in [5, 5.41) is 2.76. The Morgan fingerprint density at radius 3 is 2.21 bits per heavy atom. The molecule has 0 aliphatic rings. The fourth-order valence-corrected chi connectivity index (χ4v) is 3.52. The van der Waals surface area contributed by atoms with Gasteiger partial charge in [0.25, 0.3) is 5.91 Å². The van der Waals surface area contributed by atoms with Crippen LogP contribution >= 0.6 is 0 Å². The monoisotopic (exact) mass is 346 g/mol. The van der Waals surface area contributed by atoms with E-state index in [-0.39, 0.29) is 17.7 Å². The van der Waals surface area contributed by atoms with E-state index >= 15 is 0 Å². The van der Waals surface area contributed by atoms with Crippen LogP contribution in [0.1, 0.15) is 28.4 Å². The molecule has 5 nitrogen and oxygen atoms in total. The molecule has 128 valence electrons. The maximum atomic E-state index is 12.4. The average molecular weight is 346 g/mol. The predicted molar refractivity (Wildman–Crippen MR) is 94.5 cm³/mol. The van der Waals surface area contributed by atoms with E-state index in [1.807, 2.05) is 13.8 Å². The third-order valence-electron chi connectivity index (χ3n) is 3.68. The summed E-state index contributed by atoms with van der Waals surface area (Å²) in [5.41, 5.74) is 7.60. The molecule has 0 aliphatic heterocycles. The topological polar surface area (TPSA) is 89.3 Å². The molecule has 2 rings (SSSR count). The third-order valence-corrected chi connectivity index (χ3v) is 5.39. The van der Waals surface area contributed by atoms with Crippen LogP contribution in [-0.2, 0) is 15.6 Å². The summed E-state index contributed by atoms with van der Waals surface area (Å²) in [6, 6.07) is 13.2. The van der Waals surface area contributed by atoms with Crippen LogP contribution < -0.4 is 11.1 Å². The molecule has 0 unspecified atom stereocenters. The summed E-state index contributed by atoms with van der Waals surface area (Å²) in [5.74, 6) is -0.321. The van der Waals surface area contributed by atoms with Gasteiger partial charge in [-0.25, -0.2) is 8.42 Å². The van der Waals surface area contributed by atoms with Crippen molar-refractivity contribution in [1.29, 1.82) is 0 Å². The van der Waals surface area contributed by atoms with Crippen molar-refractivity contribution in [1.82, 2.24) is 5.32 Å². The molecule has 6 heteroatoms. The number of aryl methyl sites for hydroxylation is 1. The predicted octanol–water partition coefficient (Wildman–Crippen LogP) is 2.05. The van der Waals surface area contributed by atoms with E-state index < -0.39 is 9.84 Å². The van der Waals surface area contributed by atoms with Crippen LogP contribution in [0.25, 0.3) is 0 Å². The summed E-state index contributed by atoms with van der Waals surface area (Å²) < 4.78 is 24.8. The van der Waals surface area contributed by atoms with Crippen LogP contribution in [0.5, 0.6) is 0 Å². The second kappa shape index (κ2) is 7.59. The van der Waals surface area contributed by atoms with Crippen LogP contribution in [-0.4, -0.2) is 26.9 Å². The number of hydrogen-bond donors (Lipinski definition) is 2. The Kier molecular flexibility index (Phi) is 5.75. The third kappa shape index (κ3) is 4.66. The lowest BCUT2D eigenvalue weighted by Crippen LogP contribution is -2.37. The first-order valence-electron chi connectivity index (χ1n) is 7.71. The molecule has 24 heavy (non-hydrogen) atoms. The van der Waals surface area contributed by atoms with E-state index in [9.17, 15) is 13.2 Å². The Morgan fingerprint density at radius 2 is 1.67 bits per heavy atom. The quantitative estimate of drug-likeness (QED) is 0.838.